The Bertz CT molecular complexity index is 1250. The van der Waals surface area contributed by atoms with E-state index in [0.29, 0.717) is 55.7 Å². The molecule has 3 aromatic rings. The fourth-order valence-corrected chi connectivity index (χ4v) is 3.62. The van der Waals surface area contributed by atoms with Gasteiger partial charge in [-0.15, -0.1) is 0 Å². The van der Waals surface area contributed by atoms with Crippen molar-refractivity contribution in [3.8, 4) is 17.6 Å². The molecular formula is C23H19Cl2N3O4. The molecule has 0 bridgehead atoms. The van der Waals surface area contributed by atoms with Crippen molar-refractivity contribution in [2.24, 2.45) is 0 Å². The number of ether oxygens (including phenoxy) is 3. The van der Waals surface area contributed by atoms with E-state index in [2.05, 4.69) is 16.4 Å². The molecule has 0 saturated heterocycles. The lowest BCUT2D eigenvalue weighted by Gasteiger charge is -2.16. The van der Waals surface area contributed by atoms with Gasteiger partial charge in [-0.2, -0.15) is 5.26 Å². The zero-order valence-electron chi connectivity index (χ0n) is 17.5. The van der Waals surface area contributed by atoms with E-state index in [9.17, 15) is 10.1 Å². The predicted octanol–water partition coefficient (Wildman–Crippen LogP) is 5.75. The van der Waals surface area contributed by atoms with Gasteiger partial charge in [0.05, 0.1) is 53.0 Å². The number of hydrogen-bond donors (Lipinski definition) is 1. The van der Waals surface area contributed by atoms with E-state index in [1.165, 1.54) is 19.6 Å². The Balaban J connectivity index is 2.17. The van der Waals surface area contributed by atoms with Crippen LogP contribution in [0.5, 0.6) is 11.5 Å². The molecule has 0 spiro atoms. The third-order valence-electron chi connectivity index (χ3n) is 4.66. The molecule has 1 aromatic heterocycles. The molecule has 0 aliphatic carbocycles. The molecule has 2 aromatic carbocycles. The van der Waals surface area contributed by atoms with Crippen LogP contribution in [0.25, 0.3) is 16.5 Å². The van der Waals surface area contributed by atoms with Crippen molar-refractivity contribution in [3.63, 3.8) is 0 Å². The van der Waals surface area contributed by atoms with Gasteiger partial charge in [0.1, 0.15) is 24.2 Å². The van der Waals surface area contributed by atoms with E-state index in [4.69, 9.17) is 37.4 Å². The summed E-state index contributed by atoms with van der Waals surface area (Å²) in [7, 11) is 3.04. The summed E-state index contributed by atoms with van der Waals surface area (Å²) < 4.78 is 16.0. The quantitative estimate of drug-likeness (QED) is 0.253. The standard InChI is InChI=1S/C23H19Cl2N3O4/c1-13(12-32-5-4-29)15-6-19-16(7-21(15)30-2)23(14(10-26)11-27-19)28-20-9-22(31-3)18(25)8-17(20)24/h4,6-9,11-12H,5H2,1-3H3,(H,27,28)/b13-12+. The summed E-state index contributed by atoms with van der Waals surface area (Å²) >= 11 is 12.5. The molecule has 0 saturated carbocycles. The molecular weight excluding hydrogens is 453 g/mol. The summed E-state index contributed by atoms with van der Waals surface area (Å²) in [5.41, 5.74) is 3.43. The third-order valence-corrected chi connectivity index (χ3v) is 5.27. The fourth-order valence-electron chi connectivity index (χ4n) is 3.11. The number of allylic oxidation sites excluding steroid dienone is 1. The van der Waals surface area contributed by atoms with E-state index in [-0.39, 0.29) is 6.61 Å². The molecule has 1 heterocycles. The summed E-state index contributed by atoms with van der Waals surface area (Å²) in [4.78, 5) is 14.9. The van der Waals surface area contributed by atoms with E-state index in [1.807, 2.05) is 13.0 Å². The molecule has 3 rings (SSSR count). The molecule has 0 fully saturated rings. The number of halogens is 2. The van der Waals surface area contributed by atoms with Crippen LogP contribution in [0.2, 0.25) is 10.0 Å². The number of carbonyl (C=O) groups excluding carboxylic acids is 1. The van der Waals surface area contributed by atoms with Gasteiger partial charge in [0.15, 0.2) is 6.29 Å². The number of rotatable bonds is 8. The van der Waals surface area contributed by atoms with Gasteiger partial charge in [-0.3, -0.25) is 9.78 Å². The average molecular weight is 472 g/mol. The van der Waals surface area contributed by atoms with Crippen LogP contribution >= 0.6 is 23.2 Å². The van der Waals surface area contributed by atoms with Crippen LogP contribution in [-0.2, 0) is 9.53 Å². The van der Waals surface area contributed by atoms with Crippen molar-refractivity contribution in [1.82, 2.24) is 4.98 Å². The Hall–Kier alpha value is -3.47. The van der Waals surface area contributed by atoms with Crippen LogP contribution in [-0.4, -0.2) is 32.1 Å². The van der Waals surface area contributed by atoms with Crippen molar-refractivity contribution >= 4 is 57.3 Å². The molecule has 0 aliphatic rings. The van der Waals surface area contributed by atoms with E-state index < -0.39 is 0 Å². The average Bonchev–Trinajstić information content (AvgIpc) is 2.80. The number of nitriles is 1. The Morgan fingerprint density at radius 1 is 1.16 bits per heavy atom. The lowest BCUT2D eigenvalue weighted by Crippen LogP contribution is -2.00. The molecule has 0 atom stereocenters. The maximum absolute atomic E-state index is 10.5. The Morgan fingerprint density at radius 3 is 2.56 bits per heavy atom. The maximum Gasteiger partial charge on any atom is 0.157 e. The number of pyridine rings is 1. The van der Waals surface area contributed by atoms with Crippen LogP contribution in [0.1, 0.15) is 18.1 Å². The van der Waals surface area contributed by atoms with Crippen LogP contribution in [0, 0.1) is 11.3 Å². The molecule has 0 radical (unpaired) electrons. The van der Waals surface area contributed by atoms with E-state index >= 15 is 0 Å². The number of aldehydes is 1. The van der Waals surface area contributed by atoms with Gasteiger partial charge >= 0.3 is 0 Å². The molecule has 1 N–H and O–H groups in total. The largest absolute Gasteiger partial charge is 0.496 e. The first-order valence-corrected chi connectivity index (χ1v) is 10.1. The first kappa shape index (κ1) is 23.2. The lowest BCUT2D eigenvalue weighted by atomic mass is 10.0. The summed E-state index contributed by atoms with van der Waals surface area (Å²) in [5.74, 6) is 0.979. The number of anilines is 2. The SMILES string of the molecule is COc1cc(Nc2c(C#N)cnc3cc(/C(C)=C/OCC=O)c(OC)cc23)c(Cl)cc1Cl. The zero-order chi connectivity index (χ0) is 23.3. The summed E-state index contributed by atoms with van der Waals surface area (Å²) in [5, 5.41) is 14.3. The number of nitrogens with one attached hydrogen (secondary N) is 1. The molecule has 0 unspecified atom stereocenters. The Kier molecular flexibility index (Phi) is 7.41. The van der Waals surface area contributed by atoms with Gasteiger partial charge in [-0.05, 0) is 30.7 Å². The smallest absolute Gasteiger partial charge is 0.157 e. The van der Waals surface area contributed by atoms with Gasteiger partial charge < -0.3 is 19.5 Å². The zero-order valence-corrected chi connectivity index (χ0v) is 19.0. The topological polar surface area (TPSA) is 93.5 Å². The van der Waals surface area contributed by atoms with Gasteiger partial charge in [-0.1, -0.05) is 23.2 Å². The fraction of sp³-hybridized carbons (Fsp3) is 0.174. The van der Waals surface area contributed by atoms with Crippen molar-refractivity contribution in [2.45, 2.75) is 6.92 Å². The second-order valence-electron chi connectivity index (χ2n) is 6.62. The van der Waals surface area contributed by atoms with Crippen LogP contribution in [0.15, 0.2) is 36.7 Å². The van der Waals surface area contributed by atoms with Crippen LogP contribution in [0.3, 0.4) is 0 Å². The van der Waals surface area contributed by atoms with Crippen molar-refractivity contribution in [2.75, 3.05) is 26.1 Å². The minimum Gasteiger partial charge on any atom is -0.496 e. The molecule has 0 amide bonds. The molecule has 0 aliphatic heterocycles. The number of methoxy groups -OCH3 is 2. The normalized spacial score (nSPS) is 11.1. The van der Waals surface area contributed by atoms with E-state index in [0.717, 1.165) is 11.1 Å². The second-order valence-corrected chi connectivity index (χ2v) is 7.44. The molecule has 164 valence electrons. The number of nitrogens with zero attached hydrogens (tertiary/aromatic N) is 2. The maximum atomic E-state index is 10.5. The van der Waals surface area contributed by atoms with Crippen molar-refractivity contribution in [3.05, 3.63) is 57.9 Å². The summed E-state index contributed by atoms with van der Waals surface area (Å²) in [6.07, 6.45) is 3.63. The summed E-state index contributed by atoms with van der Waals surface area (Å²) in [6, 6.07) is 8.96. The first-order valence-electron chi connectivity index (χ1n) is 9.36. The molecule has 9 heteroatoms. The van der Waals surface area contributed by atoms with Crippen LogP contribution in [0.4, 0.5) is 11.4 Å². The predicted molar refractivity (Wildman–Crippen MR) is 125 cm³/mol. The highest BCUT2D eigenvalue weighted by atomic mass is 35.5. The Labute approximate surface area is 195 Å². The van der Waals surface area contributed by atoms with Gasteiger partial charge in [0, 0.05) is 23.2 Å². The first-order chi connectivity index (χ1) is 15.4. The lowest BCUT2D eigenvalue weighted by molar-refractivity contribution is -0.110. The minimum absolute atomic E-state index is 0.0452. The summed E-state index contributed by atoms with van der Waals surface area (Å²) in [6.45, 7) is 1.79. The van der Waals surface area contributed by atoms with Crippen molar-refractivity contribution in [1.29, 1.82) is 5.26 Å². The second kappa shape index (κ2) is 10.2. The number of hydrogen-bond acceptors (Lipinski definition) is 7. The number of fused-ring (bicyclic) bond motifs is 1. The van der Waals surface area contributed by atoms with Gasteiger partial charge in [-0.25, -0.2) is 0 Å². The van der Waals surface area contributed by atoms with Crippen LogP contribution < -0.4 is 14.8 Å². The molecule has 7 nitrogen and oxygen atoms in total. The highest BCUT2D eigenvalue weighted by Gasteiger charge is 2.16. The number of aromatic nitrogens is 1. The van der Waals surface area contributed by atoms with E-state index in [1.54, 1.807) is 25.3 Å². The van der Waals surface area contributed by atoms with Gasteiger partial charge in [0.2, 0.25) is 0 Å². The monoisotopic (exact) mass is 471 g/mol. The highest BCUT2D eigenvalue weighted by Crippen LogP contribution is 2.39. The van der Waals surface area contributed by atoms with Gasteiger partial charge in [0.25, 0.3) is 0 Å². The molecule has 32 heavy (non-hydrogen) atoms. The van der Waals surface area contributed by atoms with Crippen molar-refractivity contribution < 1.29 is 19.0 Å². The number of carbonyl (C=O) groups is 1. The highest BCUT2D eigenvalue weighted by molar-refractivity contribution is 6.37. The number of benzene rings is 2. The third kappa shape index (κ3) is 4.72. The Morgan fingerprint density at radius 2 is 1.91 bits per heavy atom. The minimum atomic E-state index is -0.0452.